The molecular weight excluding hydrogens is 264 g/mol. The summed E-state index contributed by atoms with van der Waals surface area (Å²) in [5.74, 6) is 0.208. The van der Waals surface area contributed by atoms with Crippen molar-refractivity contribution < 1.29 is 10.2 Å². The Balaban J connectivity index is 1.77. The van der Waals surface area contributed by atoms with E-state index >= 15 is 0 Å². The van der Waals surface area contributed by atoms with Crippen molar-refractivity contribution in [3.63, 3.8) is 0 Å². The van der Waals surface area contributed by atoms with Crippen molar-refractivity contribution in [1.29, 1.82) is 0 Å². The van der Waals surface area contributed by atoms with Gasteiger partial charge in [-0.2, -0.15) is 5.10 Å². The van der Waals surface area contributed by atoms with Gasteiger partial charge in [0.15, 0.2) is 0 Å². The fourth-order valence-corrected chi connectivity index (χ4v) is 2.26. The monoisotopic (exact) mass is 280 g/mol. The number of nitrogens with zero attached hydrogens (tertiary/aromatic N) is 2. The maximum atomic E-state index is 10.3. The van der Waals surface area contributed by atoms with Gasteiger partial charge in [-0.15, -0.1) is 0 Å². The van der Waals surface area contributed by atoms with E-state index in [2.05, 4.69) is 5.10 Å². The average molecular weight is 280 g/mol. The second kappa shape index (κ2) is 5.81. The summed E-state index contributed by atoms with van der Waals surface area (Å²) in [6.07, 6.45) is 3.28. The minimum absolute atomic E-state index is 0.208. The first-order chi connectivity index (χ1) is 10.2. The van der Waals surface area contributed by atoms with E-state index in [0.717, 1.165) is 16.8 Å². The lowest BCUT2D eigenvalue weighted by molar-refractivity contribution is 0.178. The van der Waals surface area contributed by atoms with E-state index in [-0.39, 0.29) is 5.75 Å². The molecule has 0 aliphatic carbocycles. The standard InChI is InChI=1S/C17H16N2O2/c20-16-8-4-5-13(9-16)10-17(21)14-11-18-19(12-14)15-6-2-1-3-7-15/h1-9,11-12,17,20-21H,10H2. The van der Waals surface area contributed by atoms with Crippen molar-refractivity contribution in [2.24, 2.45) is 0 Å². The maximum Gasteiger partial charge on any atom is 0.115 e. The van der Waals surface area contributed by atoms with Crippen LogP contribution in [0.5, 0.6) is 5.75 Å². The van der Waals surface area contributed by atoms with Crippen molar-refractivity contribution in [2.45, 2.75) is 12.5 Å². The molecule has 0 saturated carbocycles. The van der Waals surface area contributed by atoms with Crippen LogP contribution in [0, 0.1) is 0 Å². The van der Waals surface area contributed by atoms with Crippen molar-refractivity contribution >= 4 is 0 Å². The van der Waals surface area contributed by atoms with Gasteiger partial charge in [-0.05, 0) is 29.8 Å². The molecule has 3 aromatic rings. The number of rotatable bonds is 4. The molecule has 21 heavy (non-hydrogen) atoms. The highest BCUT2D eigenvalue weighted by molar-refractivity contribution is 5.32. The van der Waals surface area contributed by atoms with Crippen LogP contribution in [0.15, 0.2) is 67.0 Å². The minimum Gasteiger partial charge on any atom is -0.508 e. The summed E-state index contributed by atoms with van der Waals surface area (Å²) in [5.41, 5.74) is 2.59. The second-order valence-corrected chi connectivity index (χ2v) is 4.94. The molecule has 3 rings (SSSR count). The molecule has 0 aliphatic rings. The van der Waals surface area contributed by atoms with E-state index in [9.17, 15) is 10.2 Å². The van der Waals surface area contributed by atoms with Gasteiger partial charge >= 0.3 is 0 Å². The molecular formula is C17H16N2O2. The summed E-state index contributed by atoms with van der Waals surface area (Å²) in [6.45, 7) is 0. The fraction of sp³-hybridized carbons (Fsp3) is 0.118. The quantitative estimate of drug-likeness (QED) is 0.772. The van der Waals surface area contributed by atoms with Crippen molar-refractivity contribution in [2.75, 3.05) is 0 Å². The summed E-state index contributed by atoms with van der Waals surface area (Å²) in [4.78, 5) is 0. The first-order valence-corrected chi connectivity index (χ1v) is 6.78. The smallest absolute Gasteiger partial charge is 0.115 e. The SMILES string of the molecule is Oc1cccc(CC(O)c2cnn(-c3ccccc3)c2)c1. The van der Waals surface area contributed by atoms with Crippen LogP contribution in [0.25, 0.3) is 5.69 Å². The lowest BCUT2D eigenvalue weighted by Crippen LogP contribution is -2.00. The van der Waals surface area contributed by atoms with Gasteiger partial charge in [0.1, 0.15) is 5.75 Å². The molecule has 1 aromatic heterocycles. The summed E-state index contributed by atoms with van der Waals surface area (Å²) in [5, 5.41) is 24.0. The van der Waals surface area contributed by atoms with E-state index in [4.69, 9.17) is 0 Å². The molecule has 106 valence electrons. The Morgan fingerprint density at radius 3 is 2.62 bits per heavy atom. The van der Waals surface area contributed by atoms with Crippen LogP contribution < -0.4 is 0 Å². The Morgan fingerprint density at radius 2 is 1.86 bits per heavy atom. The lowest BCUT2D eigenvalue weighted by atomic mass is 10.0. The molecule has 0 aliphatic heterocycles. The summed E-state index contributed by atoms with van der Waals surface area (Å²) < 4.78 is 1.74. The molecule has 4 heteroatoms. The Morgan fingerprint density at radius 1 is 1.05 bits per heavy atom. The highest BCUT2D eigenvalue weighted by Gasteiger charge is 2.12. The predicted octanol–water partition coefficient (Wildman–Crippen LogP) is 2.85. The number of benzene rings is 2. The van der Waals surface area contributed by atoms with Gasteiger partial charge < -0.3 is 10.2 Å². The van der Waals surface area contributed by atoms with E-state index < -0.39 is 6.10 Å². The second-order valence-electron chi connectivity index (χ2n) is 4.94. The van der Waals surface area contributed by atoms with Crippen LogP contribution in [-0.4, -0.2) is 20.0 Å². The number of aliphatic hydroxyl groups is 1. The van der Waals surface area contributed by atoms with Crippen LogP contribution in [0.2, 0.25) is 0 Å². The van der Waals surface area contributed by atoms with E-state index in [1.54, 1.807) is 29.1 Å². The zero-order valence-electron chi connectivity index (χ0n) is 11.4. The number of para-hydroxylation sites is 1. The first kappa shape index (κ1) is 13.4. The van der Waals surface area contributed by atoms with Gasteiger partial charge in [0.2, 0.25) is 0 Å². The lowest BCUT2D eigenvalue weighted by Gasteiger charge is -2.08. The molecule has 0 fully saturated rings. The third kappa shape index (κ3) is 3.12. The molecule has 0 saturated heterocycles. The number of aliphatic hydroxyl groups excluding tert-OH is 1. The van der Waals surface area contributed by atoms with Crippen LogP contribution in [0.1, 0.15) is 17.2 Å². The normalized spacial score (nSPS) is 12.2. The van der Waals surface area contributed by atoms with E-state index in [1.165, 1.54) is 0 Å². The highest BCUT2D eigenvalue weighted by atomic mass is 16.3. The topological polar surface area (TPSA) is 58.3 Å². The number of hydrogen-bond donors (Lipinski definition) is 2. The van der Waals surface area contributed by atoms with Gasteiger partial charge in [0.25, 0.3) is 0 Å². The molecule has 4 nitrogen and oxygen atoms in total. The Hall–Kier alpha value is -2.59. The molecule has 0 spiro atoms. The highest BCUT2D eigenvalue weighted by Crippen LogP contribution is 2.21. The van der Waals surface area contributed by atoms with E-state index in [0.29, 0.717) is 6.42 Å². The average Bonchev–Trinajstić information content (AvgIpc) is 2.98. The number of hydrogen-bond acceptors (Lipinski definition) is 3. The van der Waals surface area contributed by atoms with Gasteiger partial charge in [-0.1, -0.05) is 30.3 Å². The van der Waals surface area contributed by atoms with Gasteiger partial charge in [0.05, 0.1) is 18.0 Å². The number of aromatic nitrogens is 2. The van der Waals surface area contributed by atoms with E-state index in [1.807, 2.05) is 42.6 Å². The Bertz CT molecular complexity index is 722. The van der Waals surface area contributed by atoms with Crippen LogP contribution in [0.3, 0.4) is 0 Å². The fourth-order valence-electron chi connectivity index (χ4n) is 2.26. The molecule has 2 aromatic carbocycles. The molecule has 1 unspecified atom stereocenters. The third-order valence-corrected chi connectivity index (χ3v) is 3.35. The number of phenols is 1. The van der Waals surface area contributed by atoms with Crippen molar-refractivity contribution in [3.8, 4) is 11.4 Å². The Kier molecular flexibility index (Phi) is 3.71. The largest absolute Gasteiger partial charge is 0.508 e. The summed E-state index contributed by atoms with van der Waals surface area (Å²) in [7, 11) is 0. The first-order valence-electron chi connectivity index (χ1n) is 6.78. The number of aromatic hydroxyl groups is 1. The predicted molar refractivity (Wildman–Crippen MR) is 80.3 cm³/mol. The van der Waals surface area contributed by atoms with Crippen molar-refractivity contribution in [3.05, 3.63) is 78.1 Å². The molecule has 0 amide bonds. The summed E-state index contributed by atoms with van der Waals surface area (Å²) in [6, 6.07) is 16.7. The van der Waals surface area contributed by atoms with Gasteiger partial charge in [0, 0.05) is 18.2 Å². The minimum atomic E-state index is -0.649. The van der Waals surface area contributed by atoms with Gasteiger partial charge in [-0.3, -0.25) is 0 Å². The molecule has 0 radical (unpaired) electrons. The maximum absolute atomic E-state index is 10.3. The molecule has 2 N–H and O–H groups in total. The number of phenolic OH excluding ortho intramolecular Hbond substituents is 1. The van der Waals surface area contributed by atoms with Gasteiger partial charge in [-0.25, -0.2) is 4.68 Å². The Labute approximate surface area is 122 Å². The third-order valence-electron chi connectivity index (χ3n) is 3.35. The van der Waals surface area contributed by atoms with Crippen LogP contribution in [0.4, 0.5) is 0 Å². The zero-order valence-corrected chi connectivity index (χ0v) is 11.4. The molecule has 1 heterocycles. The summed E-state index contributed by atoms with van der Waals surface area (Å²) >= 11 is 0. The van der Waals surface area contributed by atoms with Crippen LogP contribution >= 0.6 is 0 Å². The van der Waals surface area contributed by atoms with Crippen molar-refractivity contribution in [1.82, 2.24) is 9.78 Å². The zero-order chi connectivity index (χ0) is 14.7. The molecule has 1 atom stereocenters. The molecule has 0 bridgehead atoms. The van der Waals surface area contributed by atoms with Crippen LogP contribution in [-0.2, 0) is 6.42 Å².